The Hall–Kier alpha value is -4.51. The van der Waals surface area contributed by atoms with Crippen LogP contribution in [0.25, 0.3) is 22.2 Å². The van der Waals surface area contributed by atoms with Gasteiger partial charge in [-0.1, -0.05) is 48.5 Å². The Labute approximate surface area is 169 Å². The lowest BCUT2D eigenvalue weighted by atomic mass is 9.82. The van der Waals surface area contributed by atoms with Crippen molar-refractivity contribution in [2.45, 2.75) is 5.92 Å². The molecule has 8 nitrogen and oxygen atoms in total. The van der Waals surface area contributed by atoms with Gasteiger partial charge in [0.05, 0.1) is 17.2 Å². The molecular formula is C22H15N5O3. The van der Waals surface area contributed by atoms with Gasteiger partial charge in [-0.25, -0.2) is 4.79 Å². The van der Waals surface area contributed by atoms with Gasteiger partial charge in [-0.3, -0.25) is 14.8 Å². The van der Waals surface area contributed by atoms with E-state index in [1.54, 1.807) is 0 Å². The van der Waals surface area contributed by atoms with Crippen molar-refractivity contribution in [3.8, 4) is 23.2 Å². The average Bonchev–Trinajstić information content (AvgIpc) is 3.12. The van der Waals surface area contributed by atoms with E-state index >= 15 is 0 Å². The van der Waals surface area contributed by atoms with Crippen molar-refractivity contribution in [3.05, 3.63) is 98.0 Å². The smallest absolute Gasteiger partial charge is 0.328 e. The fourth-order valence-electron chi connectivity index (χ4n) is 3.97. The van der Waals surface area contributed by atoms with Gasteiger partial charge in [0, 0.05) is 10.9 Å². The van der Waals surface area contributed by atoms with Crippen LogP contribution in [0.2, 0.25) is 0 Å². The summed E-state index contributed by atoms with van der Waals surface area (Å²) in [5, 5.41) is 10.7. The zero-order valence-corrected chi connectivity index (χ0v) is 15.5. The molecule has 1 atom stereocenters. The number of nitrogens with one attached hydrogen (secondary N) is 3. The minimum absolute atomic E-state index is 0.0606. The van der Waals surface area contributed by atoms with Crippen molar-refractivity contribution in [1.29, 1.82) is 5.26 Å². The molecule has 8 heteroatoms. The van der Waals surface area contributed by atoms with Crippen LogP contribution >= 0.6 is 0 Å². The molecule has 3 heterocycles. The highest BCUT2D eigenvalue weighted by Crippen LogP contribution is 2.45. The molecule has 0 saturated carbocycles. The lowest BCUT2D eigenvalue weighted by Gasteiger charge is -2.25. The van der Waals surface area contributed by atoms with Crippen LogP contribution in [0.1, 0.15) is 17.0 Å². The van der Waals surface area contributed by atoms with Crippen LogP contribution in [-0.2, 0) is 0 Å². The number of rotatable bonds is 2. The van der Waals surface area contributed by atoms with Crippen LogP contribution in [0, 0.1) is 11.3 Å². The number of hydrogen-bond acceptors (Lipinski definition) is 5. The quantitative estimate of drug-likeness (QED) is 0.411. The van der Waals surface area contributed by atoms with E-state index in [0.29, 0.717) is 5.56 Å². The second kappa shape index (κ2) is 6.53. The maximum absolute atomic E-state index is 12.8. The van der Waals surface area contributed by atoms with Crippen molar-refractivity contribution in [2.24, 2.45) is 5.73 Å². The predicted molar refractivity (Wildman–Crippen MR) is 111 cm³/mol. The second-order valence-electron chi connectivity index (χ2n) is 6.90. The molecule has 2 aromatic carbocycles. The molecule has 146 valence electrons. The highest BCUT2D eigenvalue weighted by atomic mass is 16.5. The number of allylic oxidation sites excluding steroid dienone is 1. The Morgan fingerprint density at radius 2 is 1.67 bits per heavy atom. The largest absolute Gasteiger partial charge is 0.424 e. The molecule has 5 rings (SSSR count). The van der Waals surface area contributed by atoms with Crippen LogP contribution in [0.4, 0.5) is 0 Å². The topological polar surface area (TPSA) is 141 Å². The summed E-state index contributed by atoms with van der Waals surface area (Å²) in [6, 6.07) is 19.3. The fourth-order valence-corrected chi connectivity index (χ4v) is 3.97. The highest BCUT2D eigenvalue weighted by molar-refractivity contribution is 5.93. The first-order valence-electron chi connectivity index (χ1n) is 9.18. The van der Waals surface area contributed by atoms with Gasteiger partial charge in [-0.05, 0) is 17.2 Å². The minimum atomic E-state index is -0.828. The van der Waals surface area contributed by atoms with E-state index in [9.17, 15) is 14.9 Å². The Kier molecular flexibility index (Phi) is 3.83. The molecule has 0 radical (unpaired) electrons. The van der Waals surface area contributed by atoms with Gasteiger partial charge in [-0.15, -0.1) is 0 Å². The Morgan fingerprint density at radius 1 is 0.933 bits per heavy atom. The molecule has 2 aromatic heterocycles. The molecule has 1 aliphatic heterocycles. The molecule has 1 aliphatic rings. The summed E-state index contributed by atoms with van der Waals surface area (Å²) in [7, 11) is 0. The number of nitriles is 1. The van der Waals surface area contributed by atoms with Crippen LogP contribution < -0.4 is 21.7 Å². The third kappa shape index (κ3) is 2.53. The SMILES string of the molecule is N#CC1=C(N)Oc2[nH]c(=O)[nH]c(=O)c2C1c1c(-c2ccccc2)[nH]c2ccccc12. The Balaban J connectivity index is 1.92. The normalized spacial score (nSPS) is 15.5. The zero-order valence-electron chi connectivity index (χ0n) is 15.5. The Morgan fingerprint density at radius 3 is 2.43 bits per heavy atom. The summed E-state index contributed by atoms with van der Waals surface area (Å²) < 4.78 is 5.43. The van der Waals surface area contributed by atoms with Crippen molar-refractivity contribution in [1.82, 2.24) is 15.0 Å². The fraction of sp³-hybridized carbons (Fsp3) is 0.0455. The van der Waals surface area contributed by atoms with Gasteiger partial charge in [0.25, 0.3) is 5.56 Å². The molecule has 0 fully saturated rings. The number of nitrogens with zero attached hydrogens (tertiary/aromatic N) is 1. The van der Waals surface area contributed by atoms with Crippen molar-refractivity contribution < 1.29 is 4.74 Å². The maximum atomic E-state index is 12.8. The third-order valence-electron chi connectivity index (χ3n) is 5.22. The number of H-pyrrole nitrogens is 3. The van der Waals surface area contributed by atoms with Gasteiger partial charge >= 0.3 is 5.69 Å². The predicted octanol–water partition coefficient (Wildman–Crippen LogP) is 2.43. The number of nitrogens with two attached hydrogens (primary N) is 1. The van der Waals surface area contributed by atoms with E-state index in [4.69, 9.17) is 10.5 Å². The van der Waals surface area contributed by atoms with E-state index in [1.165, 1.54) is 0 Å². The second-order valence-corrected chi connectivity index (χ2v) is 6.90. The Bertz CT molecular complexity index is 1490. The number of aromatic amines is 3. The molecule has 0 aliphatic carbocycles. The van der Waals surface area contributed by atoms with Crippen molar-refractivity contribution >= 4 is 10.9 Å². The maximum Gasteiger partial charge on any atom is 0.328 e. The molecule has 0 spiro atoms. The summed E-state index contributed by atoms with van der Waals surface area (Å²) in [5.74, 6) is -1.04. The summed E-state index contributed by atoms with van der Waals surface area (Å²) in [6.45, 7) is 0. The summed E-state index contributed by atoms with van der Waals surface area (Å²) >= 11 is 0. The first-order chi connectivity index (χ1) is 14.6. The van der Waals surface area contributed by atoms with Crippen LogP contribution in [-0.4, -0.2) is 15.0 Å². The molecule has 0 saturated heterocycles. The highest BCUT2D eigenvalue weighted by Gasteiger charge is 2.37. The summed E-state index contributed by atoms with van der Waals surface area (Å²) in [4.78, 5) is 32.7. The number of para-hydroxylation sites is 1. The first-order valence-corrected chi connectivity index (χ1v) is 9.18. The number of benzene rings is 2. The average molecular weight is 397 g/mol. The van der Waals surface area contributed by atoms with E-state index in [0.717, 1.165) is 22.2 Å². The molecule has 30 heavy (non-hydrogen) atoms. The number of fused-ring (bicyclic) bond motifs is 2. The lowest BCUT2D eigenvalue weighted by Crippen LogP contribution is -2.33. The molecule has 5 N–H and O–H groups in total. The van der Waals surface area contributed by atoms with Crippen molar-refractivity contribution in [3.63, 3.8) is 0 Å². The van der Waals surface area contributed by atoms with Gasteiger partial charge in [0.1, 0.15) is 11.6 Å². The van der Waals surface area contributed by atoms with E-state index in [2.05, 4.69) is 21.0 Å². The monoisotopic (exact) mass is 397 g/mol. The van der Waals surface area contributed by atoms with Gasteiger partial charge in [0.15, 0.2) is 0 Å². The molecule has 0 bridgehead atoms. The number of ether oxygens (including phenoxy) is 1. The van der Waals surface area contributed by atoms with Crippen LogP contribution in [0.3, 0.4) is 0 Å². The molecule has 4 aromatic rings. The first kappa shape index (κ1) is 17.6. The van der Waals surface area contributed by atoms with E-state index in [-0.39, 0.29) is 22.9 Å². The zero-order chi connectivity index (χ0) is 20.8. The summed E-state index contributed by atoms with van der Waals surface area (Å²) in [6.07, 6.45) is 0. The number of hydrogen-bond donors (Lipinski definition) is 4. The lowest BCUT2D eigenvalue weighted by molar-refractivity contribution is 0.373. The minimum Gasteiger partial charge on any atom is -0.424 e. The summed E-state index contributed by atoms with van der Waals surface area (Å²) in [5.41, 5.74) is 8.08. The van der Waals surface area contributed by atoms with Crippen LogP contribution in [0.5, 0.6) is 5.88 Å². The van der Waals surface area contributed by atoms with Crippen LogP contribution in [0.15, 0.2) is 75.6 Å². The van der Waals surface area contributed by atoms with Gasteiger partial charge in [0.2, 0.25) is 11.8 Å². The van der Waals surface area contributed by atoms with Crippen molar-refractivity contribution in [2.75, 3.05) is 0 Å². The third-order valence-corrected chi connectivity index (χ3v) is 5.22. The molecule has 0 amide bonds. The van der Waals surface area contributed by atoms with E-state index in [1.807, 2.05) is 54.6 Å². The van der Waals surface area contributed by atoms with E-state index < -0.39 is 17.2 Å². The standard InChI is InChI=1S/C22H15N5O3/c23-10-13-15(17-20(28)26-22(29)27-21(17)30-19(13)24)16-12-8-4-5-9-14(12)25-18(16)11-6-2-1-3-7-11/h1-9,15,25H,24H2,(H2,26,27,28,29). The molecule has 1 unspecified atom stereocenters. The number of aromatic nitrogens is 3. The van der Waals surface area contributed by atoms with Gasteiger partial charge < -0.3 is 15.5 Å². The molecular weight excluding hydrogens is 382 g/mol. The van der Waals surface area contributed by atoms with Gasteiger partial charge in [-0.2, -0.15) is 5.26 Å².